The summed E-state index contributed by atoms with van der Waals surface area (Å²) in [6.45, 7) is 6.76. The largest absolute Gasteiger partial charge is 0.497 e. The van der Waals surface area contributed by atoms with Crippen LogP contribution >= 0.6 is 0 Å². The topological polar surface area (TPSA) is 125 Å². The molecule has 4 aromatic rings. The molecule has 2 saturated heterocycles. The van der Waals surface area contributed by atoms with Crippen molar-refractivity contribution in [2.75, 3.05) is 98.1 Å². The summed E-state index contributed by atoms with van der Waals surface area (Å²) in [5.74, 6) is 0.391. The molecule has 16 heteroatoms. The van der Waals surface area contributed by atoms with Gasteiger partial charge in [-0.05, 0) is 48.5 Å². The predicted octanol–water partition coefficient (Wildman–Crippen LogP) is 5.62. The molecule has 0 saturated carbocycles. The number of alkyl halides is 3. The molecule has 3 aliphatic heterocycles. The van der Waals surface area contributed by atoms with Gasteiger partial charge < -0.3 is 29.7 Å². The number of nitrogens with zero attached hydrogens (tertiary/aromatic N) is 6. The number of ether oxygens (including phenoxy) is 3. The van der Waals surface area contributed by atoms with Gasteiger partial charge in [0.25, 0.3) is 5.91 Å². The van der Waals surface area contributed by atoms with Crippen molar-refractivity contribution in [3.05, 3.63) is 89.6 Å². The average Bonchev–Trinajstić information content (AvgIpc) is 3.18. The molecule has 278 valence electrons. The van der Waals surface area contributed by atoms with Crippen molar-refractivity contribution in [2.45, 2.75) is 12.7 Å². The predicted molar refractivity (Wildman–Crippen MR) is 193 cm³/mol. The van der Waals surface area contributed by atoms with Crippen LogP contribution in [0.1, 0.15) is 21.5 Å². The second-order valence-electron chi connectivity index (χ2n) is 12.7. The van der Waals surface area contributed by atoms with E-state index in [0.717, 1.165) is 49.7 Å². The van der Waals surface area contributed by atoms with Gasteiger partial charge in [-0.25, -0.2) is 9.78 Å². The molecule has 0 unspecified atom stereocenters. The van der Waals surface area contributed by atoms with Crippen molar-refractivity contribution in [1.82, 2.24) is 14.9 Å². The lowest BCUT2D eigenvalue weighted by molar-refractivity contribution is -0.137. The summed E-state index contributed by atoms with van der Waals surface area (Å²) >= 11 is 0. The first-order valence-electron chi connectivity index (χ1n) is 17.3. The lowest BCUT2D eigenvalue weighted by Crippen LogP contribution is -2.51. The van der Waals surface area contributed by atoms with Gasteiger partial charge in [-0.3, -0.25) is 19.5 Å². The Hall–Kier alpha value is -5.45. The third kappa shape index (κ3) is 8.45. The van der Waals surface area contributed by atoms with Crippen LogP contribution < -0.4 is 30.1 Å². The average molecular weight is 733 g/mol. The quantitative estimate of drug-likeness (QED) is 0.213. The van der Waals surface area contributed by atoms with Crippen molar-refractivity contribution in [3.8, 4) is 5.75 Å². The number of hydrogen-bond acceptors (Lipinski definition) is 10. The zero-order valence-corrected chi connectivity index (χ0v) is 29.1. The number of morpholine rings is 2. The Labute approximate surface area is 304 Å². The van der Waals surface area contributed by atoms with Crippen LogP contribution in [0, 0.1) is 0 Å². The first-order chi connectivity index (χ1) is 25.6. The zero-order chi connectivity index (χ0) is 37.0. The van der Waals surface area contributed by atoms with Gasteiger partial charge in [-0.15, -0.1) is 0 Å². The van der Waals surface area contributed by atoms with E-state index in [9.17, 15) is 22.8 Å². The highest BCUT2D eigenvalue weighted by Crippen LogP contribution is 2.35. The number of nitrogens with one attached hydrogen (secondary N) is 2. The summed E-state index contributed by atoms with van der Waals surface area (Å²) in [5.41, 5.74) is 2.11. The van der Waals surface area contributed by atoms with E-state index in [-0.39, 0.29) is 23.8 Å². The molecule has 53 heavy (non-hydrogen) atoms. The molecule has 3 amide bonds. The fourth-order valence-corrected chi connectivity index (χ4v) is 6.42. The highest BCUT2D eigenvalue weighted by atomic mass is 19.4. The number of aromatic nitrogens is 2. The Morgan fingerprint density at radius 3 is 2.34 bits per heavy atom. The Kier molecular flexibility index (Phi) is 10.6. The summed E-state index contributed by atoms with van der Waals surface area (Å²) in [5, 5.41) is 5.93. The van der Waals surface area contributed by atoms with Crippen molar-refractivity contribution < 1.29 is 37.0 Å². The molecule has 3 aliphatic rings. The van der Waals surface area contributed by atoms with Gasteiger partial charge in [-0.2, -0.15) is 18.2 Å². The summed E-state index contributed by atoms with van der Waals surface area (Å²) in [7, 11) is 1.44. The van der Waals surface area contributed by atoms with Gasteiger partial charge in [0.1, 0.15) is 11.6 Å². The normalized spacial score (nSPS) is 16.7. The summed E-state index contributed by atoms with van der Waals surface area (Å²) in [6.07, 6.45) is -2.92. The maximum atomic E-state index is 14.4. The number of rotatable bonds is 10. The number of methoxy groups -OCH3 is 1. The molecule has 7 rings (SSSR count). The summed E-state index contributed by atoms with van der Waals surface area (Å²) < 4.78 is 56.5. The van der Waals surface area contributed by atoms with Gasteiger partial charge in [0.15, 0.2) is 0 Å². The van der Waals surface area contributed by atoms with E-state index in [2.05, 4.69) is 25.4 Å². The molecule has 0 aliphatic carbocycles. The van der Waals surface area contributed by atoms with Gasteiger partial charge in [0, 0.05) is 85.8 Å². The molecule has 2 N–H and O–H groups in total. The molecule has 0 bridgehead atoms. The molecule has 2 fully saturated rings. The summed E-state index contributed by atoms with van der Waals surface area (Å²) in [4.78, 5) is 44.5. The number of benzene rings is 3. The third-order valence-corrected chi connectivity index (χ3v) is 9.28. The number of hydrogen-bond donors (Lipinski definition) is 2. The molecular formula is C37H39F3N8O5. The Morgan fingerprint density at radius 2 is 1.62 bits per heavy atom. The van der Waals surface area contributed by atoms with E-state index in [1.165, 1.54) is 30.2 Å². The minimum Gasteiger partial charge on any atom is -0.497 e. The Bertz CT molecular complexity index is 1930. The van der Waals surface area contributed by atoms with E-state index in [1.54, 1.807) is 23.2 Å². The van der Waals surface area contributed by atoms with Gasteiger partial charge >= 0.3 is 12.2 Å². The molecule has 1 aromatic heterocycles. The van der Waals surface area contributed by atoms with Crippen LogP contribution in [0.4, 0.5) is 52.5 Å². The molecule has 0 atom stereocenters. The van der Waals surface area contributed by atoms with Crippen LogP contribution in [-0.4, -0.2) is 99.6 Å². The van der Waals surface area contributed by atoms with Crippen LogP contribution in [0.2, 0.25) is 0 Å². The van der Waals surface area contributed by atoms with Crippen LogP contribution in [0.25, 0.3) is 0 Å². The maximum absolute atomic E-state index is 14.4. The standard InChI is InChI=1S/C37H39F3N8O5/c1-51-32-21-29(42-34(49)25-3-2-4-27(19-25)37(38,39)40)20-31(22-32)48-24-26-23-41-35(43-28-5-7-30(8-6-28)46-13-17-53-18-14-46)44-33(26)47(36(48)50)10-9-45-11-15-52-16-12-45/h2-8,19-23H,9-18,24H2,1H3,(H,42,49)(H,41,43,44). The Balaban J connectivity index is 1.15. The number of anilines is 6. The molecule has 4 heterocycles. The van der Waals surface area contributed by atoms with Crippen molar-refractivity contribution in [2.24, 2.45) is 0 Å². The molecular weight excluding hydrogens is 693 g/mol. The highest BCUT2D eigenvalue weighted by Gasteiger charge is 2.34. The third-order valence-electron chi connectivity index (χ3n) is 9.28. The minimum atomic E-state index is -4.60. The van der Waals surface area contributed by atoms with E-state index in [0.29, 0.717) is 68.3 Å². The number of carbonyl (C=O) groups excluding carboxylic acids is 2. The second-order valence-corrected chi connectivity index (χ2v) is 12.7. The monoisotopic (exact) mass is 732 g/mol. The number of halogens is 3. The lowest BCUT2D eigenvalue weighted by atomic mass is 10.1. The van der Waals surface area contributed by atoms with Gasteiger partial charge in [-0.1, -0.05) is 6.07 Å². The molecule has 0 radical (unpaired) electrons. The minimum absolute atomic E-state index is 0.116. The number of fused-ring (bicyclic) bond motifs is 1. The van der Waals surface area contributed by atoms with E-state index >= 15 is 0 Å². The number of amides is 3. The van der Waals surface area contributed by atoms with Crippen molar-refractivity contribution in [3.63, 3.8) is 0 Å². The van der Waals surface area contributed by atoms with Gasteiger partial charge in [0.2, 0.25) is 5.95 Å². The number of carbonyl (C=O) groups is 2. The molecule has 3 aromatic carbocycles. The lowest BCUT2D eigenvalue weighted by Gasteiger charge is -2.37. The van der Waals surface area contributed by atoms with E-state index < -0.39 is 17.6 Å². The van der Waals surface area contributed by atoms with Gasteiger partial charge in [0.05, 0.1) is 51.3 Å². The smallest absolute Gasteiger partial charge is 0.416 e. The SMILES string of the molecule is COc1cc(NC(=O)c2cccc(C(F)(F)F)c2)cc(N2Cc3cnc(Nc4ccc(N5CCOCC5)cc4)nc3N(CCN3CCOCC3)C2=O)c1. The summed E-state index contributed by atoms with van der Waals surface area (Å²) in [6, 6.07) is 16.6. The van der Waals surface area contributed by atoms with Crippen molar-refractivity contribution >= 4 is 46.5 Å². The second kappa shape index (κ2) is 15.7. The first kappa shape index (κ1) is 35.9. The fourth-order valence-electron chi connectivity index (χ4n) is 6.42. The van der Waals surface area contributed by atoms with Crippen LogP contribution in [-0.2, 0) is 22.2 Å². The number of urea groups is 1. The van der Waals surface area contributed by atoms with E-state index in [1.807, 2.05) is 24.3 Å². The van der Waals surface area contributed by atoms with Crippen LogP contribution in [0.3, 0.4) is 0 Å². The molecule has 13 nitrogen and oxygen atoms in total. The van der Waals surface area contributed by atoms with E-state index in [4.69, 9.17) is 19.2 Å². The zero-order valence-electron chi connectivity index (χ0n) is 29.1. The maximum Gasteiger partial charge on any atom is 0.416 e. The first-order valence-corrected chi connectivity index (χ1v) is 17.3. The fraction of sp³-hybridized carbons (Fsp3) is 0.351. The highest BCUT2D eigenvalue weighted by molar-refractivity contribution is 6.07. The molecule has 0 spiro atoms. The van der Waals surface area contributed by atoms with Crippen LogP contribution in [0.15, 0.2) is 72.9 Å². The van der Waals surface area contributed by atoms with Crippen molar-refractivity contribution in [1.29, 1.82) is 0 Å². The van der Waals surface area contributed by atoms with Crippen LogP contribution in [0.5, 0.6) is 5.75 Å². The Morgan fingerprint density at radius 1 is 0.887 bits per heavy atom.